The first kappa shape index (κ1) is 14.2. The monoisotopic (exact) mass is 283 g/mol. The highest BCUT2D eigenvalue weighted by atomic mass is 19.4. The maximum atomic E-state index is 12.8. The summed E-state index contributed by atoms with van der Waals surface area (Å²) in [6, 6.07) is 4.31. The zero-order chi connectivity index (χ0) is 14.8. The fourth-order valence-electron chi connectivity index (χ4n) is 2.08. The van der Waals surface area contributed by atoms with E-state index < -0.39 is 23.3 Å². The molecule has 20 heavy (non-hydrogen) atoms. The number of piperidine rings is 1. The van der Waals surface area contributed by atoms with Crippen molar-refractivity contribution in [1.82, 2.24) is 5.32 Å². The summed E-state index contributed by atoms with van der Waals surface area (Å²) in [6.45, 7) is 0.582. The lowest BCUT2D eigenvalue weighted by molar-refractivity contribution is -0.137. The molecule has 1 heterocycles. The third-order valence-corrected chi connectivity index (χ3v) is 3.07. The number of nitrogens with one attached hydrogen (secondary N) is 2. The maximum absolute atomic E-state index is 12.8. The molecule has 1 atom stereocenters. The molecule has 2 N–H and O–H groups in total. The molecule has 2 rings (SSSR count). The van der Waals surface area contributed by atoms with Crippen LogP contribution < -0.4 is 10.6 Å². The Morgan fingerprint density at radius 2 is 2.15 bits per heavy atom. The van der Waals surface area contributed by atoms with Crippen LogP contribution in [0.25, 0.3) is 0 Å². The largest absolute Gasteiger partial charge is 0.417 e. The molecule has 4 nitrogen and oxygen atoms in total. The number of amides is 1. The van der Waals surface area contributed by atoms with E-state index in [-0.39, 0.29) is 11.6 Å². The smallest absolute Gasteiger partial charge is 0.374 e. The first-order chi connectivity index (χ1) is 9.41. The van der Waals surface area contributed by atoms with Gasteiger partial charge in [0.1, 0.15) is 6.04 Å². The van der Waals surface area contributed by atoms with Crippen molar-refractivity contribution in [2.24, 2.45) is 0 Å². The van der Waals surface area contributed by atoms with Crippen molar-refractivity contribution in [2.75, 3.05) is 11.9 Å². The standard InChI is InChI=1S/C13H12F3N3O/c14-13(15,16)10-6-9(4-3-8(10)7-17)19-11-2-1-5-18-12(11)20/h3-4,6,11,19H,1-2,5H2,(H,18,20). The van der Waals surface area contributed by atoms with E-state index in [1.165, 1.54) is 12.1 Å². The topological polar surface area (TPSA) is 64.9 Å². The number of halogens is 3. The van der Waals surface area contributed by atoms with E-state index in [2.05, 4.69) is 10.6 Å². The normalized spacial score (nSPS) is 19.1. The molecule has 0 spiro atoms. The molecule has 0 radical (unpaired) electrons. The molecule has 0 saturated carbocycles. The molecule has 1 aliphatic heterocycles. The van der Waals surface area contributed by atoms with Crippen LogP contribution in [0.5, 0.6) is 0 Å². The Bertz CT molecular complexity index is 563. The van der Waals surface area contributed by atoms with Crippen LogP contribution in [0.1, 0.15) is 24.0 Å². The maximum Gasteiger partial charge on any atom is 0.417 e. The van der Waals surface area contributed by atoms with Crippen molar-refractivity contribution in [2.45, 2.75) is 25.1 Å². The molecule has 0 aromatic heterocycles. The Labute approximate surface area is 113 Å². The van der Waals surface area contributed by atoms with Crippen molar-refractivity contribution >= 4 is 11.6 Å². The summed E-state index contributed by atoms with van der Waals surface area (Å²) in [6.07, 6.45) is -3.27. The van der Waals surface area contributed by atoms with Crippen molar-refractivity contribution < 1.29 is 18.0 Å². The lowest BCUT2D eigenvalue weighted by Crippen LogP contribution is -2.44. The Morgan fingerprint density at radius 3 is 2.75 bits per heavy atom. The van der Waals surface area contributed by atoms with Crippen molar-refractivity contribution in [3.63, 3.8) is 0 Å². The molecule has 0 aliphatic carbocycles. The van der Waals surface area contributed by atoms with Gasteiger partial charge in [0.15, 0.2) is 0 Å². The van der Waals surface area contributed by atoms with Crippen molar-refractivity contribution in [1.29, 1.82) is 5.26 Å². The van der Waals surface area contributed by atoms with Gasteiger partial charge in [-0.05, 0) is 31.0 Å². The quantitative estimate of drug-likeness (QED) is 0.875. The molecule has 1 saturated heterocycles. The molecular formula is C13H12F3N3O. The minimum atomic E-state index is -4.60. The Hall–Kier alpha value is -2.23. The van der Waals surface area contributed by atoms with Crippen LogP contribution in [-0.2, 0) is 11.0 Å². The number of hydrogen-bond donors (Lipinski definition) is 2. The van der Waals surface area contributed by atoms with Crippen LogP contribution in [0.2, 0.25) is 0 Å². The van der Waals surface area contributed by atoms with Gasteiger partial charge >= 0.3 is 6.18 Å². The predicted octanol–water partition coefficient (Wildman–Crippen LogP) is 2.27. The number of rotatable bonds is 2. The summed E-state index contributed by atoms with van der Waals surface area (Å²) in [5.74, 6) is -0.228. The minimum Gasteiger partial charge on any atom is -0.374 e. The molecule has 7 heteroatoms. The summed E-state index contributed by atoms with van der Waals surface area (Å²) in [7, 11) is 0. The van der Waals surface area contributed by atoms with Gasteiger partial charge in [-0.1, -0.05) is 0 Å². The number of alkyl halides is 3. The fourth-order valence-corrected chi connectivity index (χ4v) is 2.08. The van der Waals surface area contributed by atoms with Gasteiger partial charge in [0.05, 0.1) is 17.2 Å². The second-order valence-electron chi connectivity index (χ2n) is 4.50. The van der Waals surface area contributed by atoms with E-state index >= 15 is 0 Å². The van der Waals surface area contributed by atoms with Crippen LogP contribution in [0.3, 0.4) is 0 Å². The number of nitriles is 1. The average molecular weight is 283 g/mol. The van der Waals surface area contributed by atoms with E-state index in [9.17, 15) is 18.0 Å². The van der Waals surface area contributed by atoms with E-state index in [4.69, 9.17) is 5.26 Å². The minimum absolute atomic E-state index is 0.179. The second kappa shape index (κ2) is 5.41. The highest BCUT2D eigenvalue weighted by molar-refractivity contribution is 5.85. The zero-order valence-corrected chi connectivity index (χ0v) is 10.4. The average Bonchev–Trinajstić information content (AvgIpc) is 2.40. The lowest BCUT2D eigenvalue weighted by Gasteiger charge is -2.24. The third-order valence-electron chi connectivity index (χ3n) is 3.07. The van der Waals surface area contributed by atoms with Crippen molar-refractivity contribution in [3.05, 3.63) is 29.3 Å². The first-order valence-corrected chi connectivity index (χ1v) is 6.07. The van der Waals surface area contributed by atoms with Gasteiger partial charge < -0.3 is 10.6 Å². The van der Waals surface area contributed by atoms with E-state index in [0.717, 1.165) is 18.6 Å². The molecular weight excluding hydrogens is 271 g/mol. The van der Waals surface area contributed by atoms with Crippen molar-refractivity contribution in [3.8, 4) is 6.07 Å². The van der Waals surface area contributed by atoms with Crippen LogP contribution in [0, 0.1) is 11.3 Å². The molecule has 0 bridgehead atoms. The molecule has 1 aromatic carbocycles. The summed E-state index contributed by atoms with van der Waals surface area (Å²) in [5.41, 5.74) is -1.25. The van der Waals surface area contributed by atoms with Gasteiger partial charge in [0.25, 0.3) is 0 Å². The predicted molar refractivity (Wildman–Crippen MR) is 65.8 cm³/mol. The van der Waals surface area contributed by atoms with Gasteiger partial charge in [0, 0.05) is 12.2 Å². The van der Waals surface area contributed by atoms with E-state index in [1.807, 2.05) is 0 Å². The third kappa shape index (κ3) is 3.02. The summed E-state index contributed by atoms with van der Waals surface area (Å²) >= 11 is 0. The van der Waals surface area contributed by atoms with Gasteiger partial charge in [-0.3, -0.25) is 4.79 Å². The first-order valence-electron chi connectivity index (χ1n) is 6.07. The SMILES string of the molecule is N#Cc1ccc(NC2CCCNC2=O)cc1C(F)(F)F. The molecule has 1 amide bonds. The molecule has 1 unspecified atom stereocenters. The van der Waals surface area contributed by atoms with Gasteiger partial charge in [-0.2, -0.15) is 18.4 Å². The highest BCUT2D eigenvalue weighted by Gasteiger charge is 2.34. The number of hydrogen-bond acceptors (Lipinski definition) is 3. The molecule has 1 aromatic rings. The Morgan fingerprint density at radius 1 is 1.40 bits per heavy atom. The Kier molecular flexibility index (Phi) is 3.84. The van der Waals surface area contributed by atoms with Crippen LogP contribution in [0.15, 0.2) is 18.2 Å². The summed E-state index contributed by atoms with van der Waals surface area (Å²) in [4.78, 5) is 11.6. The van der Waals surface area contributed by atoms with Gasteiger partial charge in [-0.25, -0.2) is 0 Å². The second-order valence-corrected chi connectivity index (χ2v) is 4.50. The number of carbonyl (C=O) groups excluding carboxylic acids is 1. The van der Waals surface area contributed by atoms with Gasteiger partial charge in [-0.15, -0.1) is 0 Å². The Balaban J connectivity index is 2.25. The van der Waals surface area contributed by atoms with E-state index in [0.29, 0.717) is 13.0 Å². The van der Waals surface area contributed by atoms with Crippen LogP contribution in [-0.4, -0.2) is 18.5 Å². The fraction of sp³-hybridized carbons (Fsp3) is 0.385. The van der Waals surface area contributed by atoms with Crippen LogP contribution in [0.4, 0.5) is 18.9 Å². The van der Waals surface area contributed by atoms with Crippen LogP contribution >= 0.6 is 0 Å². The zero-order valence-electron chi connectivity index (χ0n) is 10.4. The molecule has 1 aliphatic rings. The summed E-state index contributed by atoms with van der Waals surface area (Å²) < 4.78 is 38.4. The van der Waals surface area contributed by atoms with E-state index in [1.54, 1.807) is 0 Å². The number of anilines is 1. The lowest BCUT2D eigenvalue weighted by atomic mass is 10.0. The molecule has 1 fully saturated rings. The number of carbonyl (C=O) groups is 1. The highest BCUT2D eigenvalue weighted by Crippen LogP contribution is 2.33. The van der Waals surface area contributed by atoms with Gasteiger partial charge in [0.2, 0.25) is 5.91 Å². The number of benzene rings is 1. The summed E-state index contributed by atoms with van der Waals surface area (Å²) in [5, 5.41) is 14.1. The number of nitrogens with zero attached hydrogens (tertiary/aromatic N) is 1. The molecule has 106 valence electrons.